The van der Waals surface area contributed by atoms with E-state index in [-0.39, 0.29) is 13.1 Å². The Labute approximate surface area is 87.8 Å². The number of nitrogens with one attached hydrogen (secondary N) is 1. The summed E-state index contributed by atoms with van der Waals surface area (Å²) in [6, 6.07) is -1.19. The van der Waals surface area contributed by atoms with Crippen molar-refractivity contribution in [1.29, 1.82) is 0 Å². The Morgan fingerprint density at radius 2 is 1.73 bits per heavy atom. The van der Waals surface area contributed by atoms with E-state index in [0.717, 1.165) is 0 Å². The summed E-state index contributed by atoms with van der Waals surface area (Å²) in [5.74, 6) is -3.29. The van der Waals surface area contributed by atoms with Crippen molar-refractivity contribution in [3.63, 3.8) is 0 Å². The van der Waals surface area contributed by atoms with Crippen molar-refractivity contribution in [2.75, 3.05) is 13.1 Å². The van der Waals surface area contributed by atoms with Crippen LogP contribution in [0.1, 0.15) is 13.8 Å². The van der Waals surface area contributed by atoms with Gasteiger partial charge in [0, 0.05) is 13.1 Å². The maximum atomic E-state index is 11.1. The minimum Gasteiger partial charge on any atom is -0.480 e. The second kappa shape index (κ2) is 6.26. The lowest BCUT2D eigenvalue weighted by Crippen LogP contribution is -2.49. The summed E-state index contributed by atoms with van der Waals surface area (Å²) < 4.78 is 0. The molecule has 0 aromatic carbocycles. The van der Waals surface area contributed by atoms with E-state index in [1.807, 2.05) is 0 Å². The van der Waals surface area contributed by atoms with Crippen LogP contribution in [-0.2, 0) is 14.4 Å². The van der Waals surface area contributed by atoms with Crippen LogP contribution in [0.4, 0.5) is 0 Å². The van der Waals surface area contributed by atoms with Crippen LogP contribution in [0.5, 0.6) is 0 Å². The van der Waals surface area contributed by atoms with E-state index in [0.29, 0.717) is 0 Å². The minimum atomic E-state index is -1.22. The molecule has 0 saturated heterocycles. The molecular weight excluding hydrogens is 200 g/mol. The Morgan fingerprint density at radius 1 is 1.27 bits per heavy atom. The molecule has 0 radical (unpaired) electrons. The van der Waals surface area contributed by atoms with E-state index in [1.54, 1.807) is 0 Å². The van der Waals surface area contributed by atoms with Gasteiger partial charge in [-0.2, -0.15) is 0 Å². The normalized spacial score (nSPS) is 12.5. The van der Waals surface area contributed by atoms with Gasteiger partial charge in [-0.05, 0) is 13.8 Å². The Morgan fingerprint density at radius 3 is 2.00 bits per heavy atom. The molecule has 1 unspecified atom stereocenters. The fourth-order valence-corrected chi connectivity index (χ4v) is 1.34. The molecule has 0 spiro atoms. The molecule has 0 aliphatic carbocycles. The van der Waals surface area contributed by atoms with Gasteiger partial charge < -0.3 is 16.2 Å². The first-order chi connectivity index (χ1) is 6.91. The summed E-state index contributed by atoms with van der Waals surface area (Å²) in [6.45, 7) is 2.89. The maximum absolute atomic E-state index is 11.1. The number of carboxylic acids is 1. The Balaban J connectivity index is 4.76. The van der Waals surface area contributed by atoms with E-state index in [1.165, 1.54) is 13.8 Å². The van der Waals surface area contributed by atoms with Crippen molar-refractivity contribution in [2.45, 2.75) is 19.9 Å². The third-order valence-corrected chi connectivity index (χ3v) is 1.98. The summed E-state index contributed by atoms with van der Waals surface area (Å²) in [7, 11) is 0. The Kier molecular flexibility index (Phi) is 5.73. The number of rotatable bonds is 7. The smallest absolute Gasteiger partial charge is 0.321 e. The summed E-state index contributed by atoms with van der Waals surface area (Å²) in [5.41, 5.74) is 5.20. The van der Waals surface area contributed by atoms with Crippen LogP contribution in [-0.4, -0.2) is 41.8 Å². The largest absolute Gasteiger partial charge is 0.480 e. The van der Waals surface area contributed by atoms with Gasteiger partial charge in [-0.1, -0.05) is 0 Å². The number of carbonyl (C=O) groups excluding carboxylic acids is 2. The van der Waals surface area contributed by atoms with E-state index < -0.39 is 29.5 Å². The lowest BCUT2D eigenvalue weighted by atomic mass is 9.92. The van der Waals surface area contributed by atoms with Gasteiger partial charge in [0.1, 0.15) is 23.5 Å². The molecular formula is C9H16N2O4. The molecule has 6 heteroatoms. The molecule has 1 atom stereocenters. The third kappa shape index (κ3) is 4.18. The standard InChI is InChI=1S/C9H16N2O4/c1-5(12)7(6(2)13)8(9(14)15)11-4-3-10/h7-8,11H,3-4,10H2,1-2H3,(H,14,15). The molecule has 0 rings (SSSR count). The summed E-state index contributed by atoms with van der Waals surface area (Å²) in [4.78, 5) is 33.1. The molecule has 0 aromatic heterocycles. The molecule has 15 heavy (non-hydrogen) atoms. The van der Waals surface area contributed by atoms with Gasteiger partial charge in [-0.15, -0.1) is 0 Å². The number of carbonyl (C=O) groups is 3. The lowest BCUT2D eigenvalue weighted by Gasteiger charge is -2.20. The third-order valence-electron chi connectivity index (χ3n) is 1.98. The molecule has 0 aromatic rings. The average Bonchev–Trinajstić information content (AvgIpc) is 2.09. The minimum absolute atomic E-state index is 0.242. The first kappa shape index (κ1) is 13.7. The average molecular weight is 216 g/mol. The lowest BCUT2D eigenvalue weighted by molar-refractivity contribution is -0.146. The molecule has 0 amide bonds. The maximum Gasteiger partial charge on any atom is 0.321 e. The molecule has 0 heterocycles. The van der Waals surface area contributed by atoms with Gasteiger partial charge in [-0.25, -0.2) is 0 Å². The molecule has 0 bridgehead atoms. The highest BCUT2D eigenvalue weighted by Gasteiger charge is 2.34. The highest BCUT2D eigenvalue weighted by Crippen LogP contribution is 2.07. The van der Waals surface area contributed by atoms with E-state index in [2.05, 4.69) is 5.32 Å². The number of hydrogen-bond acceptors (Lipinski definition) is 5. The molecule has 6 nitrogen and oxygen atoms in total. The number of hydrogen-bond donors (Lipinski definition) is 3. The SMILES string of the molecule is CC(=O)C(C(C)=O)C(NCCN)C(=O)O. The first-order valence-corrected chi connectivity index (χ1v) is 4.59. The molecule has 86 valence electrons. The van der Waals surface area contributed by atoms with Crippen LogP contribution in [0.3, 0.4) is 0 Å². The van der Waals surface area contributed by atoms with Crippen molar-refractivity contribution in [2.24, 2.45) is 11.7 Å². The van der Waals surface area contributed by atoms with E-state index >= 15 is 0 Å². The van der Waals surface area contributed by atoms with Crippen LogP contribution in [0.25, 0.3) is 0 Å². The van der Waals surface area contributed by atoms with Crippen LogP contribution in [0, 0.1) is 5.92 Å². The zero-order chi connectivity index (χ0) is 12.0. The molecule has 0 fully saturated rings. The van der Waals surface area contributed by atoms with Gasteiger partial charge in [0.05, 0.1) is 0 Å². The Hall–Kier alpha value is -1.27. The number of Topliss-reactive ketones (excluding diaryl/α,β-unsaturated/α-hetero) is 2. The van der Waals surface area contributed by atoms with Crippen molar-refractivity contribution < 1.29 is 19.5 Å². The monoisotopic (exact) mass is 216 g/mol. The van der Waals surface area contributed by atoms with Gasteiger partial charge in [0.2, 0.25) is 0 Å². The molecule has 0 aliphatic heterocycles. The van der Waals surface area contributed by atoms with Crippen LogP contribution in [0.15, 0.2) is 0 Å². The first-order valence-electron chi connectivity index (χ1n) is 4.59. The number of carboxylic acid groups (broad SMARTS) is 1. The topological polar surface area (TPSA) is 109 Å². The molecule has 4 N–H and O–H groups in total. The van der Waals surface area contributed by atoms with Crippen LogP contribution >= 0.6 is 0 Å². The van der Waals surface area contributed by atoms with Crippen molar-refractivity contribution in [3.05, 3.63) is 0 Å². The predicted molar refractivity (Wildman–Crippen MR) is 53.3 cm³/mol. The van der Waals surface area contributed by atoms with Crippen molar-refractivity contribution >= 4 is 17.5 Å². The quantitative estimate of drug-likeness (QED) is 0.460. The summed E-state index contributed by atoms with van der Waals surface area (Å²) in [6.07, 6.45) is 0. The van der Waals surface area contributed by atoms with E-state index in [4.69, 9.17) is 10.8 Å². The van der Waals surface area contributed by atoms with Gasteiger partial charge in [0.25, 0.3) is 0 Å². The van der Waals surface area contributed by atoms with E-state index in [9.17, 15) is 14.4 Å². The number of ketones is 2. The highest BCUT2D eigenvalue weighted by atomic mass is 16.4. The fraction of sp³-hybridized carbons (Fsp3) is 0.667. The zero-order valence-electron chi connectivity index (χ0n) is 8.82. The van der Waals surface area contributed by atoms with Crippen molar-refractivity contribution in [3.8, 4) is 0 Å². The highest BCUT2D eigenvalue weighted by molar-refractivity contribution is 6.04. The molecule has 0 saturated carbocycles. The second-order valence-corrected chi connectivity index (χ2v) is 3.26. The Bertz CT molecular complexity index is 251. The van der Waals surface area contributed by atoms with Gasteiger partial charge >= 0.3 is 5.97 Å². The second-order valence-electron chi connectivity index (χ2n) is 3.26. The predicted octanol–water partition coefficient (Wildman–Crippen LogP) is -1.22. The van der Waals surface area contributed by atoms with Gasteiger partial charge in [-0.3, -0.25) is 14.4 Å². The number of nitrogens with two attached hydrogens (primary N) is 1. The van der Waals surface area contributed by atoms with Crippen LogP contribution in [0.2, 0.25) is 0 Å². The van der Waals surface area contributed by atoms with Crippen LogP contribution < -0.4 is 11.1 Å². The number of aliphatic carboxylic acids is 1. The molecule has 0 aliphatic rings. The zero-order valence-corrected chi connectivity index (χ0v) is 8.82. The summed E-state index contributed by atoms with van der Waals surface area (Å²) in [5, 5.41) is 11.4. The summed E-state index contributed by atoms with van der Waals surface area (Å²) >= 11 is 0. The van der Waals surface area contributed by atoms with Gasteiger partial charge in [0.15, 0.2) is 0 Å². The van der Waals surface area contributed by atoms with Crippen molar-refractivity contribution in [1.82, 2.24) is 5.32 Å². The fourth-order valence-electron chi connectivity index (χ4n) is 1.34.